The minimum Gasteiger partial charge on any atom is -0.394 e. The Kier molecular flexibility index (Phi) is 32.3. The number of aliphatic hydroxyl groups excluding tert-OH is 5. The molecule has 13 nitrogen and oxygen atoms in total. The fourth-order valence-corrected chi connectivity index (χ4v) is 7.14. The fourth-order valence-electron chi connectivity index (χ4n) is 6.63. The predicted octanol–water partition coefficient (Wildman–Crippen LogP) is 7.07. The van der Waals surface area contributed by atoms with Gasteiger partial charge in [0, 0.05) is 0 Å². The van der Waals surface area contributed by atoms with Gasteiger partial charge in [-0.25, -0.2) is 4.18 Å². The highest BCUT2D eigenvalue weighted by atomic mass is 32.3. The number of aliphatic hydroxyl groups is 5. The lowest BCUT2D eigenvalue weighted by Gasteiger charge is -2.41. The quantitative estimate of drug-likeness (QED) is 0.0192. The Labute approximate surface area is 350 Å². The number of unbranched alkanes of at least 4 members (excludes halogenated alkanes) is 17. The summed E-state index contributed by atoms with van der Waals surface area (Å²) in [5.74, 6) is -0.727. The molecule has 0 aromatic rings. The Morgan fingerprint density at radius 2 is 1.24 bits per heavy atom. The van der Waals surface area contributed by atoms with Crippen LogP contribution in [0.3, 0.4) is 0 Å². The zero-order chi connectivity index (χ0) is 42.9. The predicted molar refractivity (Wildman–Crippen MR) is 228 cm³/mol. The lowest BCUT2D eigenvalue weighted by atomic mass is 9.99. The molecule has 0 radical (unpaired) electrons. The van der Waals surface area contributed by atoms with Crippen LogP contribution in [0.25, 0.3) is 0 Å². The molecule has 0 aliphatic carbocycles. The van der Waals surface area contributed by atoms with E-state index >= 15 is 0 Å². The van der Waals surface area contributed by atoms with Gasteiger partial charge in [-0.2, -0.15) is 8.42 Å². The van der Waals surface area contributed by atoms with Crippen molar-refractivity contribution in [3.8, 4) is 0 Å². The smallest absolute Gasteiger partial charge is 0.394 e. The van der Waals surface area contributed by atoms with Gasteiger partial charge in [-0.3, -0.25) is 9.35 Å². The molecular formula is C44H79NO12S. The molecule has 1 heterocycles. The Morgan fingerprint density at radius 3 is 1.81 bits per heavy atom. The molecule has 1 amide bonds. The first-order valence-electron chi connectivity index (χ1n) is 22.1. The van der Waals surface area contributed by atoms with E-state index in [1.165, 1.54) is 70.3 Å². The van der Waals surface area contributed by atoms with Crippen LogP contribution in [0.1, 0.15) is 162 Å². The summed E-state index contributed by atoms with van der Waals surface area (Å²) in [6.07, 6.45) is 29.7. The molecule has 58 heavy (non-hydrogen) atoms. The van der Waals surface area contributed by atoms with E-state index in [-0.39, 0.29) is 6.42 Å². The molecule has 1 fully saturated rings. The van der Waals surface area contributed by atoms with Gasteiger partial charge >= 0.3 is 10.4 Å². The van der Waals surface area contributed by atoms with Gasteiger partial charge in [0.15, 0.2) is 6.29 Å². The molecule has 0 aromatic carbocycles. The van der Waals surface area contributed by atoms with Crippen LogP contribution in [0.5, 0.6) is 0 Å². The SMILES string of the molecule is CCC/C=C/CC/C=C/C(O)C(COC1OC(CO)C(O)C(OS(=O)(=O)O)C1O)NC(=O)C(O)CCCCCCCC/C=C\C/C=C\CCCCCCCCCCC. The number of ether oxygens (including phenoxy) is 2. The van der Waals surface area contributed by atoms with Crippen LogP contribution in [0.15, 0.2) is 48.6 Å². The summed E-state index contributed by atoms with van der Waals surface area (Å²) in [7, 11) is -5.12. The van der Waals surface area contributed by atoms with Crippen molar-refractivity contribution in [2.75, 3.05) is 13.2 Å². The van der Waals surface area contributed by atoms with Crippen molar-refractivity contribution in [2.45, 2.75) is 210 Å². The van der Waals surface area contributed by atoms with Gasteiger partial charge in [-0.15, -0.1) is 0 Å². The van der Waals surface area contributed by atoms with Crippen molar-refractivity contribution >= 4 is 16.3 Å². The lowest BCUT2D eigenvalue weighted by molar-refractivity contribution is -0.298. The topological polar surface area (TPSA) is 212 Å². The second kappa shape index (κ2) is 34.7. The van der Waals surface area contributed by atoms with Crippen LogP contribution >= 0.6 is 0 Å². The third kappa shape index (κ3) is 27.0. The molecule has 0 bridgehead atoms. The molecule has 0 spiro atoms. The second-order valence-electron chi connectivity index (χ2n) is 15.4. The number of nitrogens with one attached hydrogen (secondary N) is 1. The van der Waals surface area contributed by atoms with Crippen molar-refractivity contribution in [3.63, 3.8) is 0 Å². The minimum atomic E-state index is -5.12. The monoisotopic (exact) mass is 846 g/mol. The van der Waals surface area contributed by atoms with E-state index in [9.17, 15) is 38.7 Å². The molecule has 0 aromatic heterocycles. The van der Waals surface area contributed by atoms with Gasteiger partial charge in [-0.05, 0) is 57.8 Å². The number of carbonyl (C=O) groups is 1. The van der Waals surface area contributed by atoms with Gasteiger partial charge < -0.3 is 40.3 Å². The van der Waals surface area contributed by atoms with E-state index in [1.807, 2.05) is 6.08 Å². The van der Waals surface area contributed by atoms with Gasteiger partial charge in [0.1, 0.15) is 30.5 Å². The maximum Gasteiger partial charge on any atom is 0.397 e. The summed E-state index contributed by atoms with van der Waals surface area (Å²) in [4.78, 5) is 13.0. The Hall–Kier alpha value is -1.98. The zero-order valence-corrected chi connectivity index (χ0v) is 36.3. The van der Waals surface area contributed by atoms with E-state index in [0.717, 1.165) is 64.2 Å². The number of hydrogen-bond donors (Lipinski definition) is 7. The molecule has 338 valence electrons. The van der Waals surface area contributed by atoms with Crippen LogP contribution in [0, 0.1) is 0 Å². The number of rotatable bonds is 36. The largest absolute Gasteiger partial charge is 0.397 e. The number of hydrogen-bond acceptors (Lipinski definition) is 11. The highest BCUT2D eigenvalue weighted by Crippen LogP contribution is 2.26. The number of carbonyl (C=O) groups excluding carboxylic acids is 1. The summed E-state index contributed by atoms with van der Waals surface area (Å²) >= 11 is 0. The van der Waals surface area contributed by atoms with E-state index in [0.29, 0.717) is 12.8 Å². The highest BCUT2D eigenvalue weighted by molar-refractivity contribution is 7.80. The van der Waals surface area contributed by atoms with Gasteiger partial charge in [-0.1, -0.05) is 152 Å². The normalized spacial score (nSPS) is 22.1. The molecule has 8 atom stereocenters. The number of amides is 1. The lowest BCUT2D eigenvalue weighted by Crippen LogP contribution is -2.61. The van der Waals surface area contributed by atoms with Crippen molar-refractivity contribution in [2.24, 2.45) is 0 Å². The van der Waals surface area contributed by atoms with E-state index < -0.39 is 78.5 Å². The van der Waals surface area contributed by atoms with Crippen LogP contribution in [0.4, 0.5) is 0 Å². The first-order chi connectivity index (χ1) is 27.9. The van der Waals surface area contributed by atoms with Gasteiger partial charge in [0.05, 0.1) is 25.4 Å². The summed E-state index contributed by atoms with van der Waals surface area (Å²) in [6.45, 7) is 3.05. The van der Waals surface area contributed by atoms with Gasteiger partial charge in [0.2, 0.25) is 5.91 Å². The van der Waals surface area contributed by atoms with E-state index in [2.05, 4.69) is 53.7 Å². The minimum absolute atomic E-state index is 0.222. The standard InChI is InChI=1S/C44H79NO12S/c1-3-5-7-9-11-12-13-14-15-16-17-18-19-20-21-22-23-24-25-27-29-31-33-38(48)43(51)45-36(37(47)32-30-28-26-10-8-6-4-2)35-55-44-41(50)42(57-58(52,53)54)40(49)39(34-46)56-44/h8,10,17-18,20-21,30,32,36-42,44,46-50H,3-7,9,11-16,19,22-29,31,33-35H2,1-2H3,(H,45,51)(H,52,53,54)/b10-8+,18-17-,21-20-,32-30+. The molecular weight excluding hydrogens is 767 g/mol. The first-order valence-corrected chi connectivity index (χ1v) is 23.5. The molecule has 14 heteroatoms. The molecule has 1 saturated heterocycles. The van der Waals surface area contributed by atoms with Crippen molar-refractivity contribution in [1.29, 1.82) is 0 Å². The summed E-state index contributed by atoms with van der Waals surface area (Å²) in [6, 6.07) is -1.14. The van der Waals surface area contributed by atoms with E-state index in [4.69, 9.17) is 14.0 Å². The summed E-state index contributed by atoms with van der Waals surface area (Å²) in [5, 5.41) is 54.8. The van der Waals surface area contributed by atoms with Crippen LogP contribution in [0.2, 0.25) is 0 Å². The maximum absolute atomic E-state index is 13.0. The van der Waals surface area contributed by atoms with Crippen LogP contribution in [-0.2, 0) is 28.9 Å². The van der Waals surface area contributed by atoms with Crippen LogP contribution in [-0.4, -0.2) is 107 Å². The highest BCUT2D eigenvalue weighted by Gasteiger charge is 2.48. The van der Waals surface area contributed by atoms with Gasteiger partial charge in [0.25, 0.3) is 0 Å². The van der Waals surface area contributed by atoms with E-state index in [1.54, 1.807) is 6.08 Å². The first kappa shape index (κ1) is 54.0. The average Bonchev–Trinajstić information content (AvgIpc) is 3.19. The average molecular weight is 846 g/mol. The Bertz CT molecular complexity index is 1240. The molecule has 1 rings (SSSR count). The maximum atomic E-state index is 13.0. The molecule has 0 saturated carbocycles. The second-order valence-corrected chi connectivity index (χ2v) is 16.5. The molecule has 8 unspecified atom stereocenters. The van der Waals surface area contributed by atoms with Crippen LogP contribution < -0.4 is 5.32 Å². The summed E-state index contributed by atoms with van der Waals surface area (Å²) in [5.41, 5.74) is 0. The third-order valence-corrected chi connectivity index (χ3v) is 10.6. The Balaban J connectivity index is 2.46. The Morgan fingerprint density at radius 1 is 0.707 bits per heavy atom. The fraction of sp³-hybridized carbons (Fsp3) is 0.795. The third-order valence-electron chi connectivity index (χ3n) is 10.2. The number of allylic oxidation sites excluding steroid dienone is 7. The molecule has 1 aliphatic rings. The zero-order valence-electron chi connectivity index (χ0n) is 35.5. The van der Waals surface area contributed by atoms with Crippen molar-refractivity contribution in [3.05, 3.63) is 48.6 Å². The van der Waals surface area contributed by atoms with Crippen molar-refractivity contribution in [1.82, 2.24) is 5.32 Å². The van der Waals surface area contributed by atoms with Crippen molar-refractivity contribution < 1.29 is 57.0 Å². The molecule has 7 N–H and O–H groups in total. The molecule has 1 aliphatic heterocycles. The summed E-state index contributed by atoms with van der Waals surface area (Å²) < 4.78 is 47.2.